The fourth-order valence-corrected chi connectivity index (χ4v) is 9.15. The number of benzene rings is 8. The first-order valence-corrected chi connectivity index (χ1v) is 20.8. The van der Waals surface area contributed by atoms with Crippen LogP contribution in [0.5, 0.6) is 0 Å². The van der Waals surface area contributed by atoms with E-state index in [-0.39, 0.29) is 0 Å². The van der Waals surface area contributed by atoms with Crippen LogP contribution >= 0.6 is 0 Å². The van der Waals surface area contributed by atoms with Gasteiger partial charge in [0.05, 0.1) is 16.7 Å². The molecule has 0 amide bonds. The predicted molar refractivity (Wildman–Crippen MR) is 245 cm³/mol. The van der Waals surface area contributed by atoms with Gasteiger partial charge in [-0.25, -0.2) is 0 Å². The van der Waals surface area contributed by atoms with Gasteiger partial charge in [0.15, 0.2) is 0 Å². The quantitative estimate of drug-likeness (QED) is 0.138. The van der Waals surface area contributed by atoms with E-state index in [1.165, 1.54) is 76.3 Å². The van der Waals surface area contributed by atoms with Gasteiger partial charge in [-0.05, 0) is 127 Å². The second-order valence-electron chi connectivity index (χ2n) is 15.6. The van der Waals surface area contributed by atoms with E-state index in [9.17, 15) is 0 Å². The molecule has 1 fully saturated rings. The second kappa shape index (κ2) is 16.0. The van der Waals surface area contributed by atoms with Gasteiger partial charge in [0, 0.05) is 44.9 Å². The Kier molecular flexibility index (Phi) is 9.78. The monoisotopic (exact) mass is 749 g/mol. The van der Waals surface area contributed by atoms with Gasteiger partial charge >= 0.3 is 0 Å². The Bertz CT molecular complexity index is 2710. The number of para-hydroxylation sites is 5. The number of hydrogen-bond donors (Lipinski definition) is 0. The van der Waals surface area contributed by atoms with Gasteiger partial charge in [-0.1, -0.05) is 141 Å². The van der Waals surface area contributed by atoms with Crippen molar-refractivity contribution >= 4 is 55.9 Å². The average molecular weight is 750 g/mol. The van der Waals surface area contributed by atoms with Gasteiger partial charge in [0.2, 0.25) is 0 Å². The number of fused-ring (bicyclic) bond motifs is 3. The van der Waals surface area contributed by atoms with Crippen LogP contribution in [0.2, 0.25) is 0 Å². The molecule has 0 N–H and O–H groups in total. The molecule has 0 aliphatic heterocycles. The average Bonchev–Trinajstić information content (AvgIpc) is 3.64. The maximum absolute atomic E-state index is 2.46. The zero-order chi connectivity index (χ0) is 38.7. The third kappa shape index (κ3) is 6.94. The third-order valence-electron chi connectivity index (χ3n) is 12.0. The molecule has 0 atom stereocenters. The van der Waals surface area contributed by atoms with E-state index in [4.69, 9.17) is 0 Å². The van der Waals surface area contributed by atoms with Crippen LogP contribution in [0.4, 0.5) is 34.1 Å². The molecule has 58 heavy (non-hydrogen) atoms. The van der Waals surface area contributed by atoms with Crippen molar-refractivity contribution in [2.24, 2.45) is 0 Å². The Balaban J connectivity index is 1.02. The molecule has 0 unspecified atom stereocenters. The highest BCUT2D eigenvalue weighted by Crippen LogP contribution is 2.44. The molecule has 0 saturated heterocycles. The van der Waals surface area contributed by atoms with Gasteiger partial charge < -0.3 is 14.4 Å². The van der Waals surface area contributed by atoms with E-state index in [0.717, 1.165) is 40.5 Å². The van der Waals surface area contributed by atoms with Crippen molar-refractivity contribution in [3.8, 4) is 5.69 Å². The van der Waals surface area contributed by atoms with Crippen molar-refractivity contribution in [3.63, 3.8) is 0 Å². The number of anilines is 6. The summed E-state index contributed by atoms with van der Waals surface area (Å²) in [7, 11) is 0. The molecule has 8 aromatic carbocycles. The summed E-state index contributed by atoms with van der Waals surface area (Å²) in [4.78, 5) is 4.78. The lowest BCUT2D eigenvalue weighted by atomic mass is 9.84. The Hall–Kier alpha value is -6.84. The first-order valence-electron chi connectivity index (χ1n) is 20.8. The zero-order valence-corrected chi connectivity index (χ0v) is 32.8. The van der Waals surface area contributed by atoms with E-state index in [1.807, 2.05) is 0 Å². The summed E-state index contributed by atoms with van der Waals surface area (Å²) in [5, 5.41) is 2.51. The van der Waals surface area contributed by atoms with Crippen LogP contribution < -0.4 is 9.80 Å². The highest BCUT2D eigenvalue weighted by atomic mass is 15.2. The molecule has 3 heteroatoms. The summed E-state index contributed by atoms with van der Waals surface area (Å²) >= 11 is 0. The number of aromatic nitrogens is 1. The smallest absolute Gasteiger partial charge is 0.0782 e. The van der Waals surface area contributed by atoms with Crippen molar-refractivity contribution < 1.29 is 0 Å². The molecule has 282 valence electrons. The van der Waals surface area contributed by atoms with Crippen LogP contribution in [0.3, 0.4) is 0 Å². The molecule has 3 nitrogen and oxygen atoms in total. The van der Waals surface area contributed by atoms with Gasteiger partial charge in [-0.2, -0.15) is 0 Å². The molecule has 0 spiro atoms. The lowest BCUT2D eigenvalue weighted by Gasteiger charge is -2.28. The van der Waals surface area contributed by atoms with E-state index in [0.29, 0.717) is 5.92 Å². The van der Waals surface area contributed by atoms with Crippen molar-refractivity contribution in [3.05, 3.63) is 223 Å². The highest BCUT2D eigenvalue weighted by molar-refractivity contribution is 6.14. The molecule has 1 heterocycles. The van der Waals surface area contributed by atoms with Gasteiger partial charge in [0.25, 0.3) is 0 Å². The van der Waals surface area contributed by atoms with Crippen molar-refractivity contribution in [2.75, 3.05) is 9.80 Å². The summed E-state index contributed by atoms with van der Waals surface area (Å²) in [6, 6.07) is 75.3. The fourth-order valence-electron chi connectivity index (χ4n) is 9.15. The fraction of sp³-hybridized carbons (Fsp3) is 0.127. The molecule has 1 aromatic heterocycles. The Morgan fingerprint density at radius 2 is 0.879 bits per heavy atom. The minimum atomic E-state index is 0.661. The summed E-state index contributed by atoms with van der Waals surface area (Å²) < 4.78 is 2.44. The van der Waals surface area contributed by atoms with Crippen molar-refractivity contribution in [2.45, 2.75) is 44.4 Å². The highest BCUT2D eigenvalue weighted by Gasteiger charge is 2.22. The zero-order valence-electron chi connectivity index (χ0n) is 32.8. The van der Waals surface area contributed by atoms with Crippen molar-refractivity contribution in [1.29, 1.82) is 0 Å². The molecule has 9 aromatic rings. The number of nitrogens with zero attached hydrogens (tertiary/aromatic N) is 3. The third-order valence-corrected chi connectivity index (χ3v) is 12.0. The Labute approximate surface area is 342 Å². The number of hydrogen-bond acceptors (Lipinski definition) is 2. The van der Waals surface area contributed by atoms with Crippen LogP contribution in [0.1, 0.15) is 54.7 Å². The van der Waals surface area contributed by atoms with Crippen LogP contribution in [-0.2, 0) is 6.42 Å². The molecule has 0 radical (unpaired) electrons. The molecular formula is C55H47N3. The minimum absolute atomic E-state index is 0.661. The first-order chi connectivity index (χ1) is 28.8. The Morgan fingerprint density at radius 1 is 0.397 bits per heavy atom. The van der Waals surface area contributed by atoms with Crippen LogP contribution in [0.25, 0.3) is 27.5 Å². The molecular weight excluding hydrogens is 703 g/mol. The standard InChI is InChI=1S/C55H47N3/c1-5-16-43(17-6-1)44-32-38-50(39-33-44)57(54-27-15-25-52-51-24-13-14-26-53(51)58(55(52)54)47-22-11-4-12-23-47)49-36-30-42(31-37-49)40-41-28-34-48(35-29-41)56(45-18-7-2-8-19-45)46-20-9-3-10-21-46/h2-4,7-15,18-39,43H,1,5-6,16-17,40H2. The SMILES string of the molecule is c1ccc(N(c2ccccc2)c2ccc(Cc3ccc(N(c4ccc(C5CCCCC5)cc4)c4cccc5c6ccccc6n(-c6ccccc6)c45)cc3)cc2)cc1. The molecule has 0 bridgehead atoms. The van der Waals surface area contributed by atoms with Crippen LogP contribution in [-0.4, -0.2) is 4.57 Å². The summed E-state index contributed by atoms with van der Waals surface area (Å²) in [5.74, 6) is 0.661. The van der Waals surface area contributed by atoms with Gasteiger partial charge in [-0.3, -0.25) is 0 Å². The largest absolute Gasteiger partial charge is 0.311 e. The van der Waals surface area contributed by atoms with Gasteiger partial charge in [-0.15, -0.1) is 0 Å². The lowest BCUT2D eigenvalue weighted by molar-refractivity contribution is 0.443. The maximum atomic E-state index is 2.46. The summed E-state index contributed by atoms with van der Waals surface area (Å²) in [6.45, 7) is 0. The van der Waals surface area contributed by atoms with E-state index in [2.05, 4.69) is 221 Å². The summed E-state index contributed by atoms with van der Waals surface area (Å²) in [5.41, 5.74) is 14.5. The molecule has 10 rings (SSSR count). The normalized spacial score (nSPS) is 13.2. The van der Waals surface area contributed by atoms with E-state index < -0.39 is 0 Å². The number of rotatable bonds is 10. The van der Waals surface area contributed by atoms with Crippen LogP contribution in [0, 0.1) is 0 Å². The second-order valence-corrected chi connectivity index (χ2v) is 15.6. The minimum Gasteiger partial charge on any atom is -0.311 e. The van der Waals surface area contributed by atoms with Gasteiger partial charge in [0.1, 0.15) is 0 Å². The van der Waals surface area contributed by atoms with Crippen LogP contribution in [0.15, 0.2) is 206 Å². The van der Waals surface area contributed by atoms with Crippen molar-refractivity contribution in [1.82, 2.24) is 4.57 Å². The maximum Gasteiger partial charge on any atom is 0.0782 e. The predicted octanol–water partition coefficient (Wildman–Crippen LogP) is 15.4. The molecule has 1 aliphatic rings. The molecule has 1 saturated carbocycles. The van der Waals surface area contributed by atoms with E-state index in [1.54, 1.807) is 0 Å². The molecule has 1 aliphatic carbocycles. The summed E-state index contributed by atoms with van der Waals surface area (Å²) in [6.07, 6.45) is 7.47. The first kappa shape index (κ1) is 35.6. The van der Waals surface area contributed by atoms with E-state index >= 15 is 0 Å². The lowest BCUT2D eigenvalue weighted by Crippen LogP contribution is -2.12. The Morgan fingerprint density at radius 3 is 1.48 bits per heavy atom. The topological polar surface area (TPSA) is 11.4 Å².